The van der Waals surface area contributed by atoms with Crippen molar-refractivity contribution in [3.63, 3.8) is 0 Å². The Bertz CT molecular complexity index is 4030. The zero-order valence-electron chi connectivity index (χ0n) is 40.2. The molecule has 0 bridgehead atoms. The standard InChI is InChI=1S/C70H49NO/c1-69(2)63-25-12-9-20-57(63)59-43-41-55(45-65(59)69)71(54-39-32-49(33-40-54)56-23-15-24-62-61-22-11-14-27-67(61)72-68(56)62)53-37-30-48(31-38-53)50-34-42-60-58-21-10-13-26-64(58)70(66(60)44-50,51-18-7-4-8-19-51)52-35-28-47(29-36-52)46-16-5-3-6-17-46/h3-45H,1-2H3. The van der Waals surface area contributed by atoms with Gasteiger partial charge in [0.15, 0.2) is 0 Å². The fraction of sp³-hybridized carbons (Fsp3) is 0.0571. The number of para-hydroxylation sites is 2. The topological polar surface area (TPSA) is 16.4 Å². The summed E-state index contributed by atoms with van der Waals surface area (Å²) in [5.41, 5.74) is 24.4. The van der Waals surface area contributed by atoms with Crippen LogP contribution in [0, 0.1) is 0 Å². The molecule has 2 aliphatic rings. The summed E-state index contributed by atoms with van der Waals surface area (Å²) < 4.78 is 6.50. The molecule has 0 aliphatic heterocycles. The van der Waals surface area contributed by atoms with Gasteiger partial charge in [-0.2, -0.15) is 0 Å². The molecule has 1 heterocycles. The summed E-state index contributed by atoms with van der Waals surface area (Å²) in [5.74, 6) is 0. The van der Waals surface area contributed by atoms with Crippen molar-refractivity contribution in [2.24, 2.45) is 0 Å². The molecule has 1 unspecified atom stereocenters. The molecule has 12 aromatic rings. The first-order valence-corrected chi connectivity index (χ1v) is 25.1. The predicted molar refractivity (Wildman–Crippen MR) is 300 cm³/mol. The highest BCUT2D eigenvalue weighted by Gasteiger charge is 2.46. The first kappa shape index (κ1) is 41.9. The van der Waals surface area contributed by atoms with Gasteiger partial charge in [0.05, 0.1) is 5.41 Å². The average Bonchev–Trinajstić information content (AvgIpc) is 4.05. The number of hydrogen-bond donors (Lipinski definition) is 0. The number of anilines is 3. The Morgan fingerprint density at radius 1 is 0.306 bits per heavy atom. The maximum atomic E-state index is 6.50. The van der Waals surface area contributed by atoms with Crippen LogP contribution >= 0.6 is 0 Å². The Morgan fingerprint density at radius 3 is 1.54 bits per heavy atom. The van der Waals surface area contributed by atoms with E-state index in [9.17, 15) is 0 Å². The van der Waals surface area contributed by atoms with Crippen LogP contribution in [0.2, 0.25) is 0 Å². The van der Waals surface area contributed by atoms with Crippen LogP contribution < -0.4 is 4.90 Å². The minimum atomic E-state index is -0.516. The van der Waals surface area contributed by atoms with Crippen molar-refractivity contribution in [2.75, 3.05) is 4.90 Å². The highest BCUT2D eigenvalue weighted by molar-refractivity contribution is 6.09. The third-order valence-corrected chi connectivity index (χ3v) is 15.8. The molecule has 2 aliphatic carbocycles. The second kappa shape index (κ2) is 16.3. The van der Waals surface area contributed by atoms with Gasteiger partial charge in [-0.25, -0.2) is 0 Å². The normalized spacial score (nSPS) is 15.0. The highest BCUT2D eigenvalue weighted by atomic mass is 16.3. The van der Waals surface area contributed by atoms with Gasteiger partial charge in [0.2, 0.25) is 0 Å². The van der Waals surface area contributed by atoms with Crippen LogP contribution in [0.15, 0.2) is 265 Å². The number of benzene rings is 11. The van der Waals surface area contributed by atoms with E-state index in [1.165, 1.54) is 77.9 Å². The molecule has 2 nitrogen and oxygen atoms in total. The molecule has 72 heavy (non-hydrogen) atoms. The lowest BCUT2D eigenvalue weighted by atomic mass is 9.67. The smallest absolute Gasteiger partial charge is 0.143 e. The summed E-state index contributed by atoms with van der Waals surface area (Å²) in [6.45, 7) is 4.71. The van der Waals surface area contributed by atoms with E-state index in [0.29, 0.717) is 0 Å². The van der Waals surface area contributed by atoms with Crippen molar-refractivity contribution in [1.29, 1.82) is 0 Å². The number of hydrogen-bond acceptors (Lipinski definition) is 2. The van der Waals surface area contributed by atoms with Crippen molar-refractivity contribution >= 4 is 39.0 Å². The Kier molecular flexibility index (Phi) is 9.50. The molecule has 0 radical (unpaired) electrons. The largest absolute Gasteiger partial charge is 0.455 e. The number of furan rings is 1. The molecule has 11 aromatic carbocycles. The summed E-state index contributed by atoms with van der Waals surface area (Å²) >= 11 is 0. The van der Waals surface area contributed by atoms with E-state index < -0.39 is 5.41 Å². The van der Waals surface area contributed by atoms with Crippen LogP contribution in [0.5, 0.6) is 0 Å². The quantitative estimate of drug-likeness (QED) is 0.151. The van der Waals surface area contributed by atoms with Crippen LogP contribution in [-0.4, -0.2) is 0 Å². The van der Waals surface area contributed by atoms with Crippen LogP contribution in [0.25, 0.3) is 77.6 Å². The summed E-state index contributed by atoms with van der Waals surface area (Å²) in [6, 6.07) is 96.0. The van der Waals surface area contributed by atoms with Gasteiger partial charge in [-0.3, -0.25) is 0 Å². The summed E-state index contributed by atoms with van der Waals surface area (Å²) in [6.07, 6.45) is 0. The summed E-state index contributed by atoms with van der Waals surface area (Å²) in [5, 5.41) is 2.27. The van der Waals surface area contributed by atoms with Gasteiger partial charge in [0.25, 0.3) is 0 Å². The Labute approximate surface area is 420 Å². The number of nitrogens with zero attached hydrogens (tertiary/aromatic N) is 1. The molecule has 0 fully saturated rings. The first-order valence-electron chi connectivity index (χ1n) is 25.1. The monoisotopic (exact) mass is 919 g/mol. The fourth-order valence-electron chi connectivity index (χ4n) is 12.3. The van der Waals surface area contributed by atoms with Crippen LogP contribution in [0.4, 0.5) is 17.1 Å². The Hall–Kier alpha value is -8.98. The molecule has 0 amide bonds. The lowest BCUT2D eigenvalue weighted by Gasteiger charge is -2.34. The molecule has 0 saturated heterocycles. The van der Waals surface area contributed by atoms with E-state index >= 15 is 0 Å². The zero-order valence-corrected chi connectivity index (χ0v) is 40.2. The van der Waals surface area contributed by atoms with Gasteiger partial charge in [-0.05, 0) is 132 Å². The number of fused-ring (bicyclic) bond motifs is 9. The summed E-state index contributed by atoms with van der Waals surface area (Å²) in [4.78, 5) is 2.41. The fourth-order valence-corrected chi connectivity index (χ4v) is 12.3. The molecular weight excluding hydrogens is 871 g/mol. The SMILES string of the molecule is CC1(C)c2ccccc2-c2ccc(N(c3ccc(-c4ccc5c(c4)C(c4ccccc4)(c4ccc(-c6ccccc6)cc4)c4ccccc4-5)cc3)c3ccc(-c4cccc5c4oc4ccccc45)cc3)cc21. The summed E-state index contributed by atoms with van der Waals surface area (Å²) in [7, 11) is 0. The van der Waals surface area contributed by atoms with E-state index in [-0.39, 0.29) is 5.41 Å². The van der Waals surface area contributed by atoms with Gasteiger partial charge in [0.1, 0.15) is 11.2 Å². The molecule has 2 heteroatoms. The lowest BCUT2D eigenvalue weighted by Crippen LogP contribution is -2.28. The minimum absolute atomic E-state index is 0.140. The van der Waals surface area contributed by atoms with Crippen molar-refractivity contribution in [1.82, 2.24) is 0 Å². The molecule has 0 N–H and O–H groups in total. The van der Waals surface area contributed by atoms with Crippen molar-refractivity contribution in [3.05, 3.63) is 294 Å². The second-order valence-electron chi connectivity index (χ2n) is 20.0. The van der Waals surface area contributed by atoms with Crippen molar-refractivity contribution in [2.45, 2.75) is 24.7 Å². The van der Waals surface area contributed by atoms with E-state index in [4.69, 9.17) is 4.42 Å². The first-order chi connectivity index (χ1) is 35.4. The van der Waals surface area contributed by atoms with Gasteiger partial charge in [0, 0.05) is 38.8 Å². The van der Waals surface area contributed by atoms with Crippen LogP contribution in [0.3, 0.4) is 0 Å². The number of rotatable bonds is 8. The van der Waals surface area contributed by atoms with E-state index in [2.05, 4.69) is 274 Å². The van der Waals surface area contributed by atoms with Crippen molar-refractivity contribution < 1.29 is 4.42 Å². The van der Waals surface area contributed by atoms with Gasteiger partial charge in [-0.15, -0.1) is 0 Å². The zero-order chi connectivity index (χ0) is 48.0. The predicted octanol–water partition coefficient (Wildman–Crippen LogP) is 18.7. The average molecular weight is 920 g/mol. The minimum Gasteiger partial charge on any atom is -0.455 e. The van der Waals surface area contributed by atoms with Crippen molar-refractivity contribution in [3.8, 4) is 55.6 Å². The molecular formula is C70H49NO. The highest BCUT2D eigenvalue weighted by Crippen LogP contribution is 2.57. The van der Waals surface area contributed by atoms with Gasteiger partial charge in [-0.1, -0.05) is 226 Å². The van der Waals surface area contributed by atoms with Crippen LogP contribution in [0.1, 0.15) is 47.2 Å². The Balaban J connectivity index is 0.885. The lowest BCUT2D eigenvalue weighted by molar-refractivity contribution is 0.660. The molecule has 0 spiro atoms. The van der Waals surface area contributed by atoms with Crippen LogP contribution in [-0.2, 0) is 10.8 Å². The van der Waals surface area contributed by atoms with E-state index in [1.807, 2.05) is 6.07 Å². The van der Waals surface area contributed by atoms with Gasteiger partial charge >= 0.3 is 0 Å². The molecule has 1 aromatic heterocycles. The molecule has 1 atom stereocenters. The molecule has 340 valence electrons. The molecule has 14 rings (SSSR count). The Morgan fingerprint density at radius 2 is 0.792 bits per heavy atom. The van der Waals surface area contributed by atoms with Gasteiger partial charge < -0.3 is 9.32 Å². The molecule has 0 saturated carbocycles. The second-order valence-corrected chi connectivity index (χ2v) is 20.0. The third kappa shape index (κ3) is 6.35. The maximum Gasteiger partial charge on any atom is 0.143 e. The van der Waals surface area contributed by atoms with E-state index in [0.717, 1.165) is 50.1 Å². The third-order valence-electron chi connectivity index (χ3n) is 15.8. The maximum absolute atomic E-state index is 6.50. The van der Waals surface area contributed by atoms with E-state index in [1.54, 1.807) is 0 Å².